The van der Waals surface area contributed by atoms with Gasteiger partial charge in [-0.15, -0.1) is 11.6 Å². The van der Waals surface area contributed by atoms with E-state index in [1.807, 2.05) is 12.1 Å². The maximum atomic E-state index is 5.94. The molecule has 0 aliphatic heterocycles. The standard InChI is InChI=1S/C14H20BrClO2/c1-3-4-5-6-7-18-14-11(10-16)8-12(17-2)9-13(14)15/h8-9H,3-7,10H2,1-2H3. The summed E-state index contributed by atoms with van der Waals surface area (Å²) in [5.41, 5.74) is 0.957. The fourth-order valence-corrected chi connectivity index (χ4v) is 2.50. The quantitative estimate of drug-likeness (QED) is 0.483. The Morgan fingerprint density at radius 1 is 1.22 bits per heavy atom. The van der Waals surface area contributed by atoms with E-state index in [4.69, 9.17) is 21.1 Å². The molecule has 0 aliphatic rings. The Labute approximate surface area is 123 Å². The van der Waals surface area contributed by atoms with E-state index in [-0.39, 0.29) is 0 Å². The van der Waals surface area contributed by atoms with Crippen molar-refractivity contribution >= 4 is 27.5 Å². The Morgan fingerprint density at radius 3 is 2.61 bits per heavy atom. The molecule has 2 nitrogen and oxygen atoms in total. The van der Waals surface area contributed by atoms with Crippen molar-refractivity contribution in [1.82, 2.24) is 0 Å². The molecule has 1 aromatic carbocycles. The highest BCUT2D eigenvalue weighted by atomic mass is 79.9. The lowest BCUT2D eigenvalue weighted by Gasteiger charge is -2.13. The molecule has 102 valence electrons. The number of methoxy groups -OCH3 is 1. The van der Waals surface area contributed by atoms with Gasteiger partial charge in [-0.25, -0.2) is 0 Å². The molecular formula is C14H20BrClO2. The molecule has 0 saturated heterocycles. The lowest BCUT2D eigenvalue weighted by Crippen LogP contribution is -2.01. The van der Waals surface area contributed by atoms with Crippen molar-refractivity contribution in [2.75, 3.05) is 13.7 Å². The van der Waals surface area contributed by atoms with Gasteiger partial charge < -0.3 is 9.47 Å². The third kappa shape index (κ3) is 4.69. The zero-order chi connectivity index (χ0) is 13.4. The normalized spacial score (nSPS) is 10.4. The maximum Gasteiger partial charge on any atom is 0.138 e. The number of alkyl halides is 1. The van der Waals surface area contributed by atoms with Crippen LogP contribution in [0.25, 0.3) is 0 Å². The van der Waals surface area contributed by atoms with Crippen LogP contribution in [-0.2, 0) is 5.88 Å². The van der Waals surface area contributed by atoms with Crippen LogP contribution < -0.4 is 9.47 Å². The number of ether oxygens (including phenoxy) is 2. The first-order valence-electron chi connectivity index (χ1n) is 6.28. The van der Waals surface area contributed by atoms with Crippen molar-refractivity contribution < 1.29 is 9.47 Å². The monoisotopic (exact) mass is 334 g/mol. The van der Waals surface area contributed by atoms with Crippen LogP contribution in [0.5, 0.6) is 11.5 Å². The van der Waals surface area contributed by atoms with E-state index in [1.54, 1.807) is 7.11 Å². The summed E-state index contributed by atoms with van der Waals surface area (Å²) < 4.78 is 11.9. The summed E-state index contributed by atoms with van der Waals surface area (Å²) >= 11 is 9.44. The van der Waals surface area contributed by atoms with Gasteiger partial charge in [0.15, 0.2) is 0 Å². The molecule has 0 heterocycles. The number of halogens is 2. The average Bonchev–Trinajstić information content (AvgIpc) is 2.39. The van der Waals surface area contributed by atoms with Gasteiger partial charge in [0.25, 0.3) is 0 Å². The zero-order valence-corrected chi connectivity index (χ0v) is 13.3. The minimum atomic E-state index is 0.417. The second kappa shape index (κ2) is 8.65. The number of hydrogen-bond acceptors (Lipinski definition) is 2. The van der Waals surface area contributed by atoms with Gasteiger partial charge in [0, 0.05) is 5.56 Å². The first-order valence-corrected chi connectivity index (χ1v) is 7.60. The first-order chi connectivity index (χ1) is 8.72. The molecule has 0 N–H and O–H groups in total. The SMILES string of the molecule is CCCCCCOc1c(Br)cc(OC)cc1CCl. The van der Waals surface area contributed by atoms with Crippen LogP contribution in [0.4, 0.5) is 0 Å². The van der Waals surface area contributed by atoms with Crippen molar-refractivity contribution in [3.63, 3.8) is 0 Å². The van der Waals surface area contributed by atoms with Gasteiger partial charge >= 0.3 is 0 Å². The van der Waals surface area contributed by atoms with Crippen molar-refractivity contribution in [3.05, 3.63) is 22.2 Å². The van der Waals surface area contributed by atoms with Crippen molar-refractivity contribution in [3.8, 4) is 11.5 Å². The summed E-state index contributed by atoms with van der Waals surface area (Å²) in [5, 5.41) is 0. The Bertz CT molecular complexity index is 369. The molecule has 0 fully saturated rings. The highest BCUT2D eigenvalue weighted by molar-refractivity contribution is 9.10. The topological polar surface area (TPSA) is 18.5 Å². The number of benzene rings is 1. The fraction of sp³-hybridized carbons (Fsp3) is 0.571. The highest BCUT2D eigenvalue weighted by Crippen LogP contribution is 2.34. The molecule has 0 aliphatic carbocycles. The van der Waals surface area contributed by atoms with Gasteiger partial charge in [-0.1, -0.05) is 26.2 Å². The van der Waals surface area contributed by atoms with Gasteiger partial charge in [-0.05, 0) is 34.5 Å². The Kier molecular flexibility index (Phi) is 7.52. The summed E-state index contributed by atoms with van der Waals surface area (Å²) in [7, 11) is 1.64. The molecule has 1 rings (SSSR count). The third-order valence-electron chi connectivity index (χ3n) is 2.72. The van der Waals surface area contributed by atoms with Crippen LogP contribution in [0.3, 0.4) is 0 Å². The van der Waals surface area contributed by atoms with Gasteiger partial charge in [0.05, 0.1) is 24.1 Å². The van der Waals surface area contributed by atoms with Crippen LogP contribution in [0, 0.1) is 0 Å². The smallest absolute Gasteiger partial charge is 0.138 e. The minimum Gasteiger partial charge on any atom is -0.497 e. The van der Waals surface area contributed by atoms with Gasteiger partial charge in [-0.3, -0.25) is 0 Å². The fourth-order valence-electron chi connectivity index (χ4n) is 1.70. The summed E-state index contributed by atoms with van der Waals surface area (Å²) in [5.74, 6) is 2.04. The Hall–Kier alpha value is -0.410. The summed E-state index contributed by atoms with van der Waals surface area (Å²) in [6, 6.07) is 3.82. The first kappa shape index (κ1) is 15.6. The number of hydrogen-bond donors (Lipinski definition) is 0. The average molecular weight is 336 g/mol. The molecule has 0 unspecified atom stereocenters. The van der Waals surface area contributed by atoms with Crippen LogP contribution in [0.1, 0.15) is 38.2 Å². The second-order valence-corrected chi connectivity index (χ2v) is 5.26. The van der Waals surface area contributed by atoms with Crippen molar-refractivity contribution in [1.29, 1.82) is 0 Å². The molecule has 0 amide bonds. The van der Waals surface area contributed by atoms with Crippen molar-refractivity contribution in [2.24, 2.45) is 0 Å². The van der Waals surface area contributed by atoms with Crippen molar-refractivity contribution in [2.45, 2.75) is 38.5 Å². The van der Waals surface area contributed by atoms with E-state index >= 15 is 0 Å². The lowest BCUT2D eigenvalue weighted by molar-refractivity contribution is 0.300. The van der Waals surface area contributed by atoms with Gasteiger partial charge in [-0.2, -0.15) is 0 Å². The molecule has 0 atom stereocenters. The predicted molar refractivity (Wildman–Crippen MR) is 79.9 cm³/mol. The summed E-state index contributed by atoms with van der Waals surface area (Å²) in [6.45, 7) is 2.93. The molecule has 0 bridgehead atoms. The zero-order valence-electron chi connectivity index (χ0n) is 11.0. The largest absolute Gasteiger partial charge is 0.497 e. The molecule has 0 aromatic heterocycles. The van der Waals surface area contributed by atoms with E-state index in [2.05, 4.69) is 22.9 Å². The van der Waals surface area contributed by atoms with E-state index in [1.165, 1.54) is 19.3 Å². The second-order valence-electron chi connectivity index (χ2n) is 4.14. The summed E-state index contributed by atoms with van der Waals surface area (Å²) in [6.07, 6.45) is 4.78. The molecule has 0 saturated carbocycles. The minimum absolute atomic E-state index is 0.417. The van der Waals surface area contributed by atoms with Gasteiger partial charge in [0.2, 0.25) is 0 Å². The number of rotatable bonds is 8. The van der Waals surface area contributed by atoms with Gasteiger partial charge in [0.1, 0.15) is 11.5 Å². The highest BCUT2D eigenvalue weighted by Gasteiger charge is 2.10. The number of unbranched alkanes of at least 4 members (excludes halogenated alkanes) is 3. The molecule has 0 spiro atoms. The lowest BCUT2D eigenvalue weighted by atomic mass is 10.2. The maximum absolute atomic E-state index is 5.94. The van der Waals surface area contributed by atoms with Crippen LogP contribution in [0.15, 0.2) is 16.6 Å². The molecular weight excluding hydrogens is 316 g/mol. The molecule has 1 aromatic rings. The molecule has 18 heavy (non-hydrogen) atoms. The van der Waals surface area contributed by atoms with E-state index in [0.717, 1.165) is 34.6 Å². The Balaban J connectivity index is 2.63. The van der Waals surface area contributed by atoms with Crippen LogP contribution in [-0.4, -0.2) is 13.7 Å². The summed E-state index contributed by atoms with van der Waals surface area (Å²) in [4.78, 5) is 0. The van der Waals surface area contributed by atoms with E-state index in [0.29, 0.717) is 5.88 Å². The van der Waals surface area contributed by atoms with Crippen LogP contribution in [0.2, 0.25) is 0 Å². The van der Waals surface area contributed by atoms with E-state index < -0.39 is 0 Å². The van der Waals surface area contributed by atoms with E-state index in [9.17, 15) is 0 Å². The Morgan fingerprint density at radius 2 is 2.00 bits per heavy atom. The van der Waals surface area contributed by atoms with Crippen LogP contribution >= 0.6 is 27.5 Å². The predicted octanol–water partition coefficient (Wildman–Crippen LogP) is 5.16. The third-order valence-corrected chi connectivity index (χ3v) is 3.59. The molecule has 4 heteroatoms. The molecule has 0 radical (unpaired) electrons.